The Kier molecular flexibility index (Phi) is 6.76. The maximum atomic E-state index is 12.8. The summed E-state index contributed by atoms with van der Waals surface area (Å²) in [6.45, 7) is 6.19. The molecule has 1 fully saturated rings. The number of dihydropyridines is 1. The van der Waals surface area contributed by atoms with Crippen LogP contribution in [0.2, 0.25) is 0 Å². The van der Waals surface area contributed by atoms with E-state index >= 15 is 0 Å². The van der Waals surface area contributed by atoms with Gasteiger partial charge >= 0.3 is 0 Å². The number of aliphatic imine (C=N–C) groups is 1. The van der Waals surface area contributed by atoms with Crippen molar-refractivity contribution >= 4 is 34.7 Å². The van der Waals surface area contributed by atoms with Crippen LogP contribution in [-0.2, 0) is 4.74 Å². The molecule has 0 N–H and O–H groups in total. The molecule has 1 aliphatic carbocycles. The Balaban J connectivity index is 1.32. The molecule has 4 aliphatic rings. The van der Waals surface area contributed by atoms with Gasteiger partial charge < -0.3 is 9.64 Å². The van der Waals surface area contributed by atoms with Gasteiger partial charge in [-0.3, -0.25) is 9.79 Å². The van der Waals surface area contributed by atoms with Gasteiger partial charge in [0.1, 0.15) is 17.9 Å². The van der Waals surface area contributed by atoms with Crippen LogP contribution in [-0.4, -0.2) is 49.2 Å². The fourth-order valence-electron chi connectivity index (χ4n) is 6.30. The Bertz CT molecular complexity index is 1300. The van der Waals surface area contributed by atoms with Gasteiger partial charge in [0, 0.05) is 29.7 Å². The van der Waals surface area contributed by atoms with E-state index in [1.165, 1.54) is 36.8 Å². The number of hydrogen-bond acceptors (Lipinski definition) is 5. The van der Waals surface area contributed by atoms with Crippen LogP contribution in [0, 0.1) is 11.8 Å². The Labute approximate surface area is 224 Å². The van der Waals surface area contributed by atoms with E-state index < -0.39 is 0 Å². The van der Waals surface area contributed by atoms with Crippen molar-refractivity contribution in [2.45, 2.75) is 58.1 Å². The van der Waals surface area contributed by atoms with E-state index in [1.54, 1.807) is 23.8 Å². The van der Waals surface area contributed by atoms with E-state index in [9.17, 15) is 4.79 Å². The van der Waals surface area contributed by atoms with Crippen LogP contribution in [0.1, 0.15) is 66.8 Å². The maximum absolute atomic E-state index is 12.8. The number of ether oxygens (including phenoxy) is 1. The Morgan fingerprint density at radius 1 is 1.11 bits per heavy atom. The molecule has 1 aromatic heterocycles. The van der Waals surface area contributed by atoms with Crippen LogP contribution < -0.4 is 0 Å². The molecule has 1 saturated carbocycles. The molecule has 0 saturated heterocycles. The van der Waals surface area contributed by atoms with Gasteiger partial charge in [0.05, 0.1) is 4.88 Å². The van der Waals surface area contributed by atoms with Crippen LogP contribution in [0.3, 0.4) is 0 Å². The van der Waals surface area contributed by atoms with Crippen LogP contribution >= 0.6 is 11.3 Å². The summed E-state index contributed by atoms with van der Waals surface area (Å²) < 4.78 is 6.12. The SMILES string of the molecule is CC(=O)c1sc(-c2ccc(C3=CC4N=CC=CC4O3)cc2)cc1C1=C(C2CCC(C)CC2)CN(C)CC1. The average molecular weight is 513 g/mol. The summed E-state index contributed by atoms with van der Waals surface area (Å²) in [7, 11) is 2.23. The lowest BCUT2D eigenvalue weighted by Gasteiger charge is -2.35. The predicted molar refractivity (Wildman–Crippen MR) is 154 cm³/mol. The van der Waals surface area contributed by atoms with Crippen LogP contribution in [0.25, 0.3) is 21.8 Å². The molecule has 4 nitrogen and oxygen atoms in total. The van der Waals surface area contributed by atoms with E-state index in [0.717, 1.165) is 52.1 Å². The van der Waals surface area contributed by atoms with E-state index in [2.05, 4.69) is 66.3 Å². The lowest BCUT2D eigenvalue weighted by atomic mass is 9.75. The molecule has 6 rings (SSSR count). The molecule has 4 heterocycles. The zero-order valence-corrected chi connectivity index (χ0v) is 22.9. The number of rotatable bonds is 5. The second-order valence-corrected chi connectivity index (χ2v) is 12.3. The highest BCUT2D eigenvalue weighted by atomic mass is 32.1. The fourth-order valence-corrected chi connectivity index (χ4v) is 7.38. The topological polar surface area (TPSA) is 41.9 Å². The van der Waals surface area contributed by atoms with E-state index in [-0.39, 0.29) is 17.9 Å². The standard InChI is InChI=1S/C32H36N2O2S/c1-20-6-8-22(9-7-20)27-19-34(3)16-14-25(27)26-17-31(37-32(26)21(2)35)24-12-10-23(11-13-24)30-18-28-29(36-30)5-4-15-33-28/h4-5,10-13,15,17-18,20,22,28-29H,6-9,14,16,19H2,1-3H3. The summed E-state index contributed by atoms with van der Waals surface area (Å²) in [5, 5.41) is 0. The molecule has 1 aromatic carbocycles. The Morgan fingerprint density at radius 2 is 1.86 bits per heavy atom. The van der Waals surface area contributed by atoms with Gasteiger partial charge in [-0.1, -0.05) is 44.0 Å². The molecule has 0 amide bonds. The largest absolute Gasteiger partial charge is 0.483 e. The first-order chi connectivity index (χ1) is 18.0. The molecule has 2 atom stereocenters. The molecule has 0 spiro atoms. The van der Waals surface area contributed by atoms with E-state index in [1.807, 2.05) is 12.3 Å². The number of hydrogen-bond donors (Lipinski definition) is 0. The van der Waals surface area contributed by atoms with Crippen molar-refractivity contribution in [3.8, 4) is 10.4 Å². The first kappa shape index (κ1) is 24.6. The van der Waals surface area contributed by atoms with Crippen molar-refractivity contribution in [3.05, 3.63) is 70.1 Å². The number of ketones is 1. The number of nitrogens with zero attached hydrogens (tertiary/aromatic N) is 2. The minimum Gasteiger partial charge on any atom is -0.483 e. The highest BCUT2D eigenvalue weighted by Crippen LogP contribution is 2.43. The van der Waals surface area contributed by atoms with Crippen LogP contribution in [0.15, 0.2) is 59.1 Å². The second-order valence-electron chi connectivity index (χ2n) is 11.2. The number of likely N-dealkylation sites (N-methyl/N-ethyl adjacent to an activating group) is 1. The lowest BCUT2D eigenvalue weighted by Crippen LogP contribution is -2.31. The van der Waals surface area contributed by atoms with Crippen molar-refractivity contribution < 1.29 is 9.53 Å². The van der Waals surface area contributed by atoms with E-state index in [0.29, 0.717) is 5.92 Å². The van der Waals surface area contributed by atoms with Crippen molar-refractivity contribution in [2.75, 3.05) is 20.1 Å². The molecule has 3 aliphatic heterocycles. The molecule has 2 unspecified atom stereocenters. The Morgan fingerprint density at radius 3 is 2.59 bits per heavy atom. The summed E-state index contributed by atoms with van der Waals surface area (Å²) in [5.74, 6) is 2.55. The Hall–Kier alpha value is -2.76. The third-order valence-electron chi connectivity index (χ3n) is 8.48. The second kappa shape index (κ2) is 10.2. The summed E-state index contributed by atoms with van der Waals surface area (Å²) in [5.41, 5.74) is 6.44. The number of thiophene rings is 1. The molecule has 5 heteroatoms. The highest BCUT2D eigenvalue weighted by molar-refractivity contribution is 7.17. The zero-order chi connectivity index (χ0) is 25.5. The van der Waals surface area contributed by atoms with Gasteiger partial charge in [-0.05, 0) is 91.6 Å². The number of allylic oxidation sites excluding steroid dienone is 1. The van der Waals surface area contributed by atoms with Crippen LogP contribution in [0.4, 0.5) is 0 Å². The fraction of sp³-hybridized carbons (Fsp3) is 0.438. The monoisotopic (exact) mass is 512 g/mol. The maximum Gasteiger partial charge on any atom is 0.170 e. The quantitative estimate of drug-likeness (QED) is 0.395. The highest BCUT2D eigenvalue weighted by Gasteiger charge is 2.30. The molecule has 2 aromatic rings. The number of Topliss-reactive ketones (excluding diaryl/α,β-unsaturated/α-hetero) is 1. The molecule has 0 bridgehead atoms. The number of benzene rings is 1. The zero-order valence-electron chi connectivity index (χ0n) is 22.1. The van der Waals surface area contributed by atoms with Crippen molar-refractivity contribution in [1.29, 1.82) is 0 Å². The van der Waals surface area contributed by atoms with Gasteiger partial charge in [0.2, 0.25) is 0 Å². The minimum absolute atomic E-state index is 0.00189. The first-order valence-electron chi connectivity index (χ1n) is 13.7. The van der Waals surface area contributed by atoms with Crippen LogP contribution in [0.5, 0.6) is 0 Å². The van der Waals surface area contributed by atoms with E-state index in [4.69, 9.17) is 4.74 Å². The van der Waals surface area contributed by atoms with Gasteiger partial charge in [-0.15, -0.1) is 11.3 Å². The van der Waals surface area contributed by atoms with Crippen molar-refractivity contribution in [1.82, 2.24) is 4.90 Å². The molecular weight excluding hydrogens is 476 g/mol. The molecule has 0 radical (unpaired) electrons. The molecule has 37 heavy (non-hydrogen) atoms. The van der Waals surface area contributed by atoms with Gasteiger partial charge in [0.15, 0.2) is 5.78 Å². The number of fused-ring (bicyclic) bond motifs is 1. The van der Waals surface area contributed by atoms with Gasteiger partial charge in [-0.25, -0.2) is 0 Å². The van der Waals surface area contributed by atoms with Crippen molar-refractivity contribution in [2.24, 2.45) is 16.8 Å². The van der Waals surface area contributed by atoms with Gasteiger partial charge in [0.25, 0.3) is 0 Å². The first-order valence-corrected chi connectivity index (χ1v) is 14.5. The summed E-state index contributed by atoms with van der Waals surface area (Å²) in [6, 6.07) is 10.9. The molecule has 192 valence electrons. The number of carbonyl (C=O) groups is 1. The summed E-state index contributed by atoms with van der Waals surface area (Å²) >= 11 is 1.65. The smallest absolute Gasteiger partial charge is 0.170 e. The normalized spacial score (nSPS) is 27.7. The predicted octanol–water partition coefficient (Wildman–Crippen LogP) is 7.28. The third kappa shape index (κ3) is 4.92. The average Bonchev–Trinajstić information content (AvgIpc) is 3.54. The molecular formula is C32H36N2O2S. The minimum atomic E-state index is 0.00189. The van der Waals surface area contributed by atoms with Gasteiger partial charge in [-0.2, -0.15) is 0 Å². The van der Waals surface area contributed by atoms with Crippen molar-refractivity contribution in [3.63, 3.8) is 0 Å². The third-order valence-corrected chi connectivity index (χ3v) is 9.76. The number of carbonyl (C=O) groups excluding carboxylic acids is 1. The summed E-state index contributed by atoms with van der Waals surface area (Å²) in [4.78, 5) is 21.9. The lowest BCUT2D eigenvalue weighted by molar-refractivity contribution is 0.102. The summed E-state index contributed by atoms with van der Waals surface area (Å²) in [6.07, 6.45) is 14.2.